The van der Waals surface area contributed by atoms with Crippen molar-refractivity contribution in [3.05, 3.63) is 35.4 Å². The molecule has 0 aromatic carbocycles. The molecule has 0 amide bonds. The van der Waals surface area contributed by atoms with E-state index in [-0.39, 0.29) is 11.5 Å². The molecule has 1 N–H and O–H groups in total. The van der Waals surface area contributed by atoms with Crippen LogP contribution in [0.25, 0.3) is 5.52 Å². The summed E-state index contributed by atoms with van der Waals surface area (Å²) in [5.41, 5.74) is 2.18. The van der Waals surface area contributed by atoms with E-state index < -0.39 is 5.97 Å². The number of carbonyl (C=O) groups is 1. The lowest BCUT2D eigenvalue weighted by Crippen LogP contribution is -2.02. The Hall–Kier alpha value is -1.84. The molecule has 0 saturated carbocycles. The van der Waals surface area contributed by atoms with Gasteiger partial charge in [-0.25, -0.2) is 9.78 Å². The van der Waals surface area contributed by atoms with E-state index in [2.05, 4.69) is 4.98 Å². The molecule has 0 fully saturated rings. The molecule has 16 heavy (non-hydrogen) atoms. The lowest BCUT2D eigenvalue weighted by Gasteiger charge is -2.04. The zero-order valence-corrected chi connectivity index (χ0v) is 9.56. The number of hydrogen-bond acceptors (Lipinski definition) is 2. The first-order valence-electron chi connectivity index (χ1n) is 5.22. The highest BCUT2D eigenvalue weighted by molar-refractivity contribution is 5.87. The highest BCUT2D eigenvalue weighted by Gasteiger charge is 2.12. The number of fused-ring (bicyclic) bond motifs is 1. The van der Waals surface area contributed by atoms with Crippen LogP contribution in [0.2, 0.25) is 0 Å². The number of carboxylic acid groups (broad SMARTS) is 1. The Morgan fingerprint density at radius 2 is 2.12 bits per heavy atom. The first kappa shape index (κ1) is 10.7. The van der Waals surface area contributed by atoms with Crippen molar-refractivity contribution >= 4 is 11.5 Å². The quantitative estimate of drug-likeness (QED) is 0.842. The fraction of sp³-hybridized carbons (Fsp3) is 0.333. The van der Waals surface area contributed by atoms with Crippen molar-refractivity contribution in [2.75, 3.05) is 0 Å². The summed E-state index contributed by atoms with van der Waals surface area (Å²) in [4.78, 5) is 15.4. The Morgan fingerprint density at radius 1 is 1.44 bits per heavy atom. The summed E-state index contributed by atoms with van der Waals surface area (Å²) < 4.78 is 1.86. The summed E-state index contributed by atoms with van der Waals surface area (Å²) in [6.45, 7) is 6.02. The van der Waals surface area contributed by atoms with Crippen molar-refractivity contribution in [2.24, 2.45) is 0 Å². The Kier molecular flexibility index (Phi) is 2.42. The average molecular weight is 218 g/mol. The topological polar surface area (TPSA) is 54.6 Å². The van der Waals surface area contributed by atoms with E-state index in [0.29, 0.717) is 0 Å². The molecule has 2 rings (SSSR count). The molecular formula is C12H14N2O2. The van der Waals surface area contributed by atoms with E-state index in [0.717, 1.165) is 17.0 Å². The lowest BCUT2D eigenvalue weighted by atomic mass is 10.2. The van der Waals surface area contributed by atoms with Crippen LogP contribution >= 0.6 is 0 Å². The van der Waals surface area contributed by atoms with Crippen LogP contribution in [-0.2, 0) is 0 Å². The van der Waals surface area contributed by atoms with Gasteiger partial charge < -0.3 is 9.51 Å². The summed E-state index contributed by atoms with van der Waals surface area (Å²) >= 11 is 0. The van der Waals surface area contributed by atoms with Crippen molar-refractivity contribution in [1.82, 2.24) is 9.38 Å². The van der Waals surface area contributed by atoms with Crippen LogP contribution in [0.1, 0.15) is 41.6 Å². The number of aromatic carboxylic acids is 1. The van der Waals surface area contributed by atoms with Gasteiger partial charge in [0.1, 0.15) is 5.82 Å². The van der Waals surface area contributed by atoms with Crippen LogP contribution < -0.4 is 0 Å². The normalized spacial score (nSPS) is 11.2. The van der Waals surface area contributed by atoms with Crippen molar-refractivity contribution in [3.8, 4) is 0 Å². The van der Waals surface area contributed by atoms with Gasteiger partial charge in [0.25, 0.3) is 0 Å². The van der Waals surface area contributed by atoms with Crippen LogP contribution in [0.4, 0.5) is 0 Å². The molecule has 4 nitrogen and oxygen atoms in total. The second-order valence-electron chi connectivity index (χ2n) is 4.19. The summed E-state index contributed by atoms with van der Waals surface area (Å²) in [5.74, 6) is 0.254. The molecule has 2 aromatic rings. The van der Waals surface area contributed by atoms with Gasteiger partial charge in [-0.05, 0) is 19.1 Å². The fourth-order valence-electron chi connectivity index (χ4n) is 1.80. The minimum Gasteiger partial charge on any atom is -0.478 e. The Bertz CT molecular complexity index is 555. The zero-order valence-electron chi connectivity index (χ0n) is 9.56. The monoisotopic (exact) mass is 218 g/mol. The molecule has 0 bridgehead atoms. The van der Waals surface area contributed by atoms with Crippen LogP contribution in [0.15, 0.2) is 18.3 Å². The Labute approximate surface area is 93.5 Å². The first-order valence-corrected chi connectivity index (χ1v) is 5.22. The number of rotatable bonds is 2. The van der Waals surface area contributed by atoms with Gasteiger partial charge in [0.05, 0.1) is 16.8 Å². The van der Waals surface area contributed by atoms with Gasteiger partial charge in [0.2, 0.25) is 0 Å². The fourth-order valence-corrected chi connectivity index (χ4v) is 1.80. The number of imidazole rings is 1. The van der Waals surface area contributed by atoms with Crippen LogP contribution in [0.5, 0.6) is 0 Å². The van der Waals surface area contributed by atoms with Crippen molar-refractivity contribution in [1.29, 1.82) is 0 Å². The SMILES string of the molecule is Cc1nc(C(C)C)n2cc(C(=O)O)ccc12. The molecule has 0 aliphatic rings. The van der Waals surface area contributed by atoms with Gasteiger partial charge in [0.15, 0.2) is 0 Å². The number of aryl methyl sites for hydroxylation is 1. The number of pyridine rings is 1. The van der Waals surface area contributed by atoms with E-state index in [1.54, 1.807) is 18.3 Å². The average Bonchev–Trinajstić information content (AvgIpc) is 2.56. The molecule has 0 unspecified atom stereocenters. The van der Waals surface area contributed by atoms with Crippen LogP contribution in [-0.4, -0.2) is 20.5 Å². The van der Waals surface area contributed by atoms with Gasteiger partial charge in [-0.2, -0.15) is 0 Å². The van der Waals surface area contributed by atoms with Crippen molar-refractivity contribution < 1.29 is 9.90 Å². The third-order valence-electron chi connectivity index (χ3n) is 2.61. The molecule has 0 saturated heterocycles. The molecule has 2 heterocycles. The van der Waals surface area contributed by atoms with E-state index in [1.807, 2.05) is 25.2 Å². The molecule has 4 heteroatoms. The maximum atomic E-state index is 10.9. The highest BCUT2D eigenvalue weighted by atomic mass is 16.4. The van der Waals surface area contributed by atoms with Crippen molar-refractivity contribution in [2.45, 2.75) is 26.7 Å². The van der Waals surface area contributed by atoms with Gasteiger partial charge >= 0.3 is 5.97 Å². The summed E-state index contributed by atoms with van der Waals surface area (Å²) in [6, 6.07) is 3.41. The second-order valence-corrected chi connectivity index (χ2v) is 4.19. The number of carboxylic acids is 1. The molecule has 2 aromatic heterocycles. The van der Waals surface area contributed by atoms with Crippen molar-refractivity contribution in [3.63, 3.8) is 0 Å². The van der Waals surface area contributed by atoms with E-state index in [9.17, 15) is 4.79 Å². The molecular weight excluding hydrogens is 204 g/mol. The smallest absolute Gasteiger partial charge is 0.337 e. The summed E-state index contributed by atoms with van der Waals surface area (Å²) in [5, 5.41) is 8.95. The minimum atomic E-state index is -0.914. The Morgan fingerprint density at radius 3 is 2.69 bits per heavy atom. The van der Waals surface area contributed by atoms with Gasteiger partial charge in [-0.1, -0.05) is 13.8 Å². The third kappa shape index (κ3) is 1.56. The maximum absolute atomic E-state index is 10.9. The Balaban J connectivity index is 2.74. The number of aromatic nitrogens is 2. The van der Waals surface area contributed by atoms with Gasteiger partial charge in [-0.15, -0.1) is 0 Å². The minimum absolute atomic E-state index is 0.269. The third-order valence-corrected chi connectivity index (χ3v) is 2.61. The highest BCUT2D eigenvalue weighted by Crippen LogP contribution is 2.19. The predicted molar refractivity (Wildman–Crippen MR) is 61.0 cm³/mol. The van der Waals surface area contributed by atoms with Gasteiger partial charge in [-0.3, -0.25) is 0 Å². The molecule has 0 aliphatic carbocycles. The van der Waals surface area contributed by atoms with Crippen LogP contribution in [0.3, 0.4) is 0 Å². The van der Waals surface area contributed by atoms with Gasteiger partial charge in [0, 0.05) is 12.1 Å². The van der Waals surface area contributed by atoms with E-state index >= 15 is 0 Å². The largest absolute Gasteiger partial charge is 0.478 e. The first-order chi connectivity index (χ1) is 7.50. The molecule has 84 valence electrons. The van der Waals surface area contributed by atoms with E-state index in [1.165, 1.54) is 0 Å². The molecule has 0 spiro atoms. The zero-order chi connectivity index (χ0) is 11.9. The molecule has 0 atom stereocenters. The summed E-state index contributed by atoms with van der Waals surface area (Å²) in [6.07, 6.45) is 1.63. The molecule has 0 radical (unpaired) electrons. The van der Waals surface area contributed by atoms with E-state index in [4.69, 9.17) is 5.11 Å². The van der Waals surface area contributed by atoms with Crippen LogP contribution in [0, 0.1) is 6.92 Å². The maximum Gasteiger partial charge on any atom is 0.337 e. The lowest BCUT2D eigenvalue weighted by molar-refractivity contribution is 0.0696. The standard InChI is InChI=1S/C12H14N2O2/c1-7(2)11-13-8(3)10-5-4-9(12(15)16)6-14(10)11/h4-7H,1-3H3,(H,15,16). The summed E-state index contributed by atoms with van der Waals surface area (Å²) in [7, 11) is 0. The number of hydrogen-bond donors (Lipinski definition) is 1. The second kappa shape index (κ2) is 3.63. The number of nitrogens with zero attached hydrogens (tertiary/aromatic N) is 2. The predicted octanol–water partition coefficient (Wildman–Crippen LogP) is 2.46. The molecule has 0 aliphatic heterocycles.